The molecule has 1 N–H and O–H groups in total. The molecule has 0 amide bonds. The number of fused-ring (bicyclic) bond motifs is 2. The maximum Gasteiger partial charge on any atom is 0.0733 e. The lowest BCUT2D eigenvalue weighted by atomic mass is 9.95. The van der Waals surface area contributed by atoms with E-state index in [1.807, 2.05) is 0 Å². The minimum Gasteiger partial charge on any atom is -0.380 e. The van der Waals surface area contributed by atoms with Crippen molar-refractivity contribution in [2.45, 2.75) is 50.7 Å². The van der Waals surface area contributed by atoms with Crippen molar-refractivity contribution in [3.05, 3.63) is 35.4 Å². The first kappa shape index (κ1) is 12.2. The summed E-state index contributed by atoms with van der Waals surface area (Å²) in [5.74, 6) is 0. The van der Waals surface area contributed by atoms with Gasteiger partial charge in [0.2, 0.25) is 0 Å². The highest BCUT2D eigenvalue weighted by Crippen LogP contribution is 2.34. The van der Waals surface area contributed by atoms with Gasteiger partial charge in [-0.15, -0.1) is 0 Å². The van der Waals surface area contributed by atoms with Crippen molar-refractivity contribution in [3.63, 3.8) is 0 Å². The van der Waals surface area contributed by atoms with Crippen LogP contribution in [0.1, 0.15) is 30.4 Å². The molecule has 3 rings (SSSR count). The third-order valence-corrected chi connectivity index (χ3v) is 3.98. The van der Waals surface area contributed by atoms with Crippen LogP contribution in [0.3, 0.4) is 0 Å². The summed E-state index contributed by atoms with van der Waals surface area (Å²) < 4.78 is 11.0. The highest BCUT2D eigenvalue weighted by atomic mass is 16.5. The Kier molecular flexibility index (Phi) is 3.64. The van der Waals surface area contributed by atoms with E-state index in [0.717, 1.165) is 6.54 Å². The zero-order valence-corrected chi connectivity index (χ0v) is 10.9. The Morgan fingerprint density at radius 2 is 2.22 bits per heavy atom. The number of methoxy groups -OCH3 is 1. The van der Waals surface area contributed by atoms with Crippen LogP contribution in [-0.2, 0) is 22.6 Å². The average molecular weight is 247 g/mol. The van der Waals surface area contributed by atoms with E-state index in [2.05, 4.69) is 29.6 Å². The second-order valence-electron chi connectivity index (χ2n) is 5.35. The Labute approximate surface area is 108 Å². The standard InChI is InChI=1S/C15H21NO2/c1-17-10-12-4-2-3-11(7-12)9-16-14-8-13-5-6-15(14)18-13/h2-4,7,13-16H,5-6,8-10H2,1H3. The largest absolute Gasteiger partial charge is 0.380 e. The van der Waals surface area contributed by atoms with Crippen molar-refractivity contribution < 1.29 is 9.47 Å². The molecule has 2 heterocycles. The maximum absolute atomic E-state index is 5.85. The molecule has 1 aromatic rings. The molecule has 3 atom stereocenters. The van der Waals surface area contributed by atoms with Gasteiger partial charge in [0.05, 0.1) is 18.8 Å². The number of hydrogen-bond acceptors (Lipinski definition) is 3. The zero-order valence-electron chi connectivity index (χ0n) is 10.9. The minimum absolute atomic E-state index is 0.456. The summed E-state index contributed by atoms with van der Waals surface area (Å²) in [4.78, 5) is 0. The van der Waals surface area contributed by atoms with Gasteiger partial charge in [0, 0.05) is 19.7 Å². The second kappa shape index (κ2) is 5.39. The van der Waals surface area contributed by atoms with Gasteiger partial charge in [0.1, 0.15) is 0 Å². The fourth-order valence-corrected chi connectivity index (χ4v) is 3.10. The van der Waals surface area contributed by atoms with Crippen LogP contribution in [0.4, 0.5) is 0 Å². The molecule has 2 bridgehead atoms. The van der Waals surface area contributed by atoms with E-state index in [9.17, 15) is 0 Å². The lowest BCUT2D eigenvalue weighted by molar-refractivity contribution is 0.0973. The molecular weight excluding hydrogens is 226 g/mol. The van der Waals surface area contributed by atoms with Gasteiger partial charge >= 0.3 is 0 Å². The maximum atomic E-state index is 5.85. The van der Waals surface area contributed by atoms with Crippen LogP contribution in [0.5, 0.6) is 0 Å². The van der Waals surface area contributed by atoms with Crippen LogP contribution in [0.25, 0.3) is 0 Å². The van der Waals surface area contributed by atoms with Gasteiger partial charge in [-0.25, -0.2) is 0 Å². The number of ether oxygens (including phenoxy) is 2. The summed E-state index contributed by atoms with van der Waals surface area (Å²) >= 11 is 0. The lowest BCUT2D eigenvalue weighted by Crippen LogP contribution is -2.36. The van der Waals surface area contributed by atoms with Gasteiger partial charge in [0.25, 0.3) is 0 Å². The van der Waals surface area contributed by atoms with E-state index in [1.165, 1.54) is 30.4 Å². The monoisotopic (exact) mass is 247 g/mol. The van der Waals surface area contributed by atoms with Crippen LogP contribution >= 0.6 is 0 Å². The van der Waals surface area contributed by atoms with Crippen molar-refractivity contribution in [2.24, 2.45) is 0 Å². The highest BCUT2D eigenvalue weighted by Gasteiger charge is 2.40. The van der Waals surface area contributed by atoms with Crippen LogP contribution < -0.4 is 5.32 Å². The van der Waals surface area contributed by atoms with Crippen molar-refractivity contribution >= 4 is 0 Å². The van der Waals surface area contributed by atoms with Gasteiger partial charge in [-0.05, 0) is 30.4 Å². The molecule has 2 aliphatic heterocycles. The van der Waals surface area contributed by atoms with Gasteiger partial charge < -0.3 is 14.8 Å². The van der Waals surface area contributed by atoms with Crippen LogP contribution in [-0.4, -0.2) is 25.4 Å². The lowest BCUT2D eigenvalue weighted by Gasteiger charge is -2.20. The molecule has 18 heavy (non-hydrogen) atoms. The van der Waals surface area contributed by atoms with E-state index < -0.39 is 0 Å². The number of rotatable bonds is 5. The Hall–Kier alpha value is -0.900. The van der Waals surface area contributed by atoms with E-state index in [4.69, 9.17) is 9.47 Å². The molecule has 1 aromatic carbocycles. The molecule has 2 fully saturated rings. The summed E-state index contributed by atoms with van der Waals surface area (Å²) in [7, 11) is 1.73. The summed E-state index contributed by atoms with van der Waals surface area (Å²) in [5.41, 5.74) is 2.56. The third-order valence-electron chi connectivity index (χ3n) is 3.98. The van der Waals surface area contributed by atoms with E-state index >= 15 is 0 Å². The molecule has 2 aliphatic rings. The molecular formula is C15H21NO2. The molecule has 0 saturated carbocycles. The summed E-state index contributed by atoms with van der Waals surface area (Å²) in [6.07, 6.45) is 4.64. The molecule has 98 valence electrons. The normalized spacial score (nSPS) is 29.9. The van der Waals surface area contributed by atoms with E-state index in [0.29, 0.717) is 24.9 Å². The topological polar surface area (TPSA) is 30.5 Å². The number of hydrogen-bond donors (Lipinski definition) is 1. The van der Waals surface area contributed by atoms with Crippen LogP contribution in [0.2, 0.25) is 0 Å². The smallest absolute Gasteiger partial charge is 0.0733 e. The van der Waals surface area contributed by atoms with Gasteiger partial charge in [-0.1, -0.05) is 24.3 Å². The quantitative estimate of drug-likeness (QED) is 0.865. The molecule has 0 radical (unpaired) electrons. The SMILES string of the molecule is COCc1cccc(CNC2CC3CCC2O3)c1. The minimum atomic E-state index is 0.456. The molecule has 0 spiro atoms. The number of nitrogens with one attached hydrogen (secondary N) is 1. The predicted octanol–water partition coefficient (Wildman–Crippen LogP) is 2.24. The van der Waals surface area contributed by atoms with Gasteiger partial charge in [-0.3, -0.25) is 0 Å². The number of benzene rings is 1. The molecule has 3 unspecified atom stereocenters. The predicted molar refractivity (Wildman–Crippen MR) is 70.3 cm³/mol. The highest BCUT2D eigenvalue weighted by molar-refractivity contribution is 5.23. The van der Waals surface area contributed by atoms with Crippen LogP contribution in [0, 0.1) is 0 Å². The van der Waals surface area contributed by atoms with Crippen molar-refractivity contribution in [1.29, 1.82) is 0 Å². The van der Waals surface area contributed by atoms with Crippen molar-refractivity contribution in [1.82, 2.24) is 5.32 Å². The molecule has 3 heteroatoms. The first-order chi connectivity index (χ1) is 8.85. The van der Waals surface area contributed by atoms with E-state index in [-0.39, 0.29) is 0 Å². The molecule has 0 aliphatic carbocycles. The molecule has 3 nitrogen and oxygen atoms in total. The fraction of sp³-hybridized carbons (Fsp3) is 0.600. The average Bonchev–Trinajstić information content (AvgIpc) is 2.99. The Bertz CT molecular complexity index is 407. The van der Waals surface area contributed by atoms with Crippen molar-refractivity contribution in [2.75, 3.05) is 7.11 Å². The van der Waals surface area contributed by atoms with Gasteiger partial charge in [-0.2, -0.15) is 0 Å². The van der Waals surface area contributed by atoms with Crippen molar-refractivity contribution in [3.8, 4) is 0 Å². The Morgan fingerprint density at radius 3 is 2.94 bits per heavy atom. The molecule has 2 saturated heterocycles. The second-order valence-corrected chi connectivity index (χ2v) is 5.35. The fourth-order valence-electron chi connectivity index (χ4n) is 3.10. The summed E-state index contributed by atoms with van der Waals surface area (Å²) in [5, 5.41) is 3.63. The zero-order chi connectivity index (χ0) is 12.4. The first-order valence-corrected chi connectivity index (χ1v) is 6.81. The summed E-state index contributed by atoms with van der Waals surface area (Å²) in [6.45, 7) is 1.61. The Balaban J connectivity index is 1.55. The summed E-state index contributed by atoms with van der Waals surface area (Å²) in [6, 6.07) is 9.14. The first-order valence-electron chi connectivity index (χ1n) is 6.81. The Morgan fingerprint density at radius 1 is 1.33 bits per heavy atom. The van der Waals surface area contributed by atoms with Gasteiger partial charge in [0.15, 0.2) is 0 Å². The van der Waals surface area contributed by atoms with Crippen LogP contribution in [0.15, 0.2) is 24.3 Å². The van der Waals surface area contributed by atoms with E-state index in [1.54, 1.807) is 7.11 Å². The molecule has 0 aromatic heterocycles. The third kappa shape index (κ3) is 2.58.